The SMILES string of the molecule is O=C(NC(CO)Cc1ccccc1)c1ccncc1O. The number of hydrogen-bond donors (Lipinski definition) is 3. The third-order valence-corrected chi connectivity index (χ3v) is 2.93. The van der Waals surface area contributed by atoms with Gasteiger partial charge < -0.3 is 15.5 Å². The first-order valence-electron chi connectivity index (χ1n) is 6.29. The zero-order valence-corrected chi connectivity index (χ0v) is 10.9. The van der Waals surface area contributed by atoms with Gasteiger partial charge in [0.25, 0.3) is 5.91 Å². The van der Waals surface area contributed by atoms with E-state index in [9.17, 15) is 15.0 Å². The van der Waals surface area contributed by atoms with Crippen LogP contribution in [0.15, 0.2) is 48.8 Å². The number of aliphatic hydroxyl groups is 1. The Balaban J connectivity index is 2.03. The fourth-order valence-electron chi connectivity index (χ4n) is 1.90. The number of nitrogens with zero attached hydrogens (tertiary/aromatic N) is 1. The predicted molar refractivity (Wildman–Crippen MR) is 74.4 cm³/mol. The number of nitrogens with one attached hydrogen (secondary N) is 1. The smallest absolute Gasteiger partial charge is 0.255 e. The van der Waals surface area contributed by atoms with Gasteiger partial charge >= 0.3 is 0 Å². The van der Waals surface area contributed by atoms with Crippen LogP contribution in [0.2, 0.25) is 0 Å². The number of carbonyl (C=O) groups is 1. The predicted octanol–water partition coefficient (Wildman–Crippen LogP) is 1.12. The van der Waals surface area contributed by atoms with Crippen LogP contribution in [0.25, 0.3) is 0 Å². The Bertz CT molecular complexity index is 572. The highest BCUT2D eigenvalue weighted by Gasteiger charge is 2.16. The third-order valence-electron chi connectivity index (χ3n) is 2.93. The lowest BCUT2D eigenvalue weighted by molar-refractivity contribution is 0.0913. The number of rotatable bonds is 5. The lowest BCUT2D eigenvalue weighted by atomic mass is 10.1. The molecule has 0 fully saturated rings. The summed E-state index contributed by atoms with van der Waals surface area (Å²) in [5.74, 6) is -0.610. The van der Waals surface area contributed by atoms with E-state index in [1.54, 1.807) is 0 Å². The molecule has 0 spiro atoms. The highest BCUT2D eigenvalue weighted by molar-refractivity contribution is 5.96. The van der Waals surface area contributed by atoms with Gasteiger partial charge in [0.2, 0.25) is 0 Å². The topological polar surface area (TPSA) is 82.5 Å². The molecule has 0 aliphatic heterocycles. The molecule has 0 radical (unpaired) electrons. The van der Waals surface area contributed by atoms with Crippen LogP contribution in [0.4, 0.5) is 0 Å². The molecule has 0 saturated heterocycles. The standard InChI is InChI=1S/C15H16N2O3/c18-10-12(8-11-4-2-1-3-5-11)17-15(20)13-6-7-16-9-14(13)19/h1-7,9,12,18-19H,8,10H2,(H,17,20). The maximum atomic E-state index is 12.0. The lowest BCUT2D eigenvalue weighted by Crippen LogP contribution is -2.39. The molecule has 1 aromatic heterocycles. The Kier molecular flexibility index (Phi) is 4.68. The molecule has 1 heterocycles. The Morgan fingerprint density at radius 3 is 2.65 bits per heavy atom. The van der Waals surface area contributed by atoms with E-state index in [1.807, 2.05) is 30.3 Å². The van der Waals surface area contributed by atoms with Gasteiger partial charge in [-0.2, -0.15) is 0 Å². The van der Waals surface area contributed by atoms with E-state index < -0.39 is 11.9 Å². The number of pyridine rings is 1. The van der Waals surface area contributed by atoms with Crippen molar-refractivity contribution in [1.29, 1.82) is 0 Å². The van der Waals surface area contributed by atoms with Crippen molar-refractivity contribution in [2.24, 2.45) is 0 Å². The van der Waals surface area contributed by atoms with Crippen LogP contribution in [0.3, 0.4) is 0 Å². The first kappa shape index (κ1) is 14.0. The van der Waals surface area contributed by atoms with E-state index in [0.717, 1.165) is 5.56 Å². The largest absolute Gasteiger partial charge is 0.505 e. The third kappa shape index (κ3) is 3.55. The van der Waals surface area contributed by atoms with E-state index >= 15 is 0 Å². The maximum absolute atomic E-state index is 12.0. The molecule has 5 nitrogen and oxygen atoms in total. The monoisotopic (exact) mass is 272 g/mol. The summed E-state index contributed by atoms with van der Waals surface area (Å²) in [6.45, 7) is -0.174. The Labute approximate surface area is 116 Å². The van der Waals surface area contributed by atoms with E-state index in [1.165, 1.54) is 18.5 Å². The van der Waals surface area contributed by atoms with Gasteiger partial charge in [0.15, 0.2) is 0 Å². The highest BCUT2D eigenvalue weighted by atomic mass is 16.3. The van der Waals surface area contributed by atoms with Crippen molar-refractivity contribution in [3.05, 3.63) is 59.9 Å². The first-order valence-corrected chi connectivity index (χ1v) is 6.29. The van der Waals surface area contributed by atoms with E-state index in [0.29, 0.717) is 6.42 Å². The summed E-state index contributed by atoms with van der Waals surface area (Å²) in [6.07, 6.45) is 3.16. The van der Waals surface area contributed by atoms with Gasteiger partial charge in [-0.05, 0) is 18.1 Å². The second kappa shape index (κ2) is 6.68. The quantitative estimate of drug-likeness (QED) is 0.761. The van der Waals surface area contributed by atoms with Crippen molar-refractivity contribution in [2.75, 3.05) is 6.61 Å². The molecule has 0 aliphatic rings. The average Bonchev–Trinajstić information content (AvgIpc) is 2.48. The molecule has 3 N–H and O–H groups in total. The highest BCUT2D eigenvalue weighted by Crippen LogP contribution is 2.14. The molecule has 0 bridgehead atoms. The van der Waals surface area contributed by atoms with Crippen molar-refractivity contribution < 1.29 is 15.0 Å². The zero-order chi connectivity index (χ0) is 14.4. The lowest BCUT2D eigenvalue weighted by Gasteiger charge is -2.16. The molecule has 104 valence electrons. The molecule has 0 aliphatic carbocycles. The van der Waals surface area contributed by atoms with Crippen LogP contribution in [-0.4, -0.2) is 33.8 Å². The number of hydrogen-bond acceptors (Lipinski definition) is 4. The number of aliphatic hydroxyl groups excluding tert-OH is 1. The van der Waals surface area contributed by atoms with Crippen LogP contribution in [-0.2, 0) is 6.42 Å². The van der Waals surface area contributed by atoms with E-state index in [2.05, 4.69) is 10.3 Å². The van der Waals surface area contributed by atoms with Crippen LogP contribution < -0.4 is 5.32 Å². The van der Waals surface area contributed by atoms with Crippen molar-refractivity contribution >= 4 is 5.91 Å². The molecular weight excluding hydrogens is 256 g/mol. The molecular formula is C15H16N2O3. The molecule has 20 heavy (non-hydrogen) atoms. The molecule has 1 aromatic carbocycles. The fraction of sp³-hybridized carbons (Fsp3) is 0.200. The number of aromatic nitrogens is 1. The summed E-state index contributed by atoms with van der Waals surface area (Å²) in [5, 5.41) is 21.6. The van der Waals surface area contributed by atoms with Gasteiger partial charge in [-0.3, -0.25) is 9.78 Å². The molecule has 1 unspecified atom stereocenters. The normalized spacial score (nSPS) is 11.8. The molecule has 1 amide bonds. The summed E-state index contributed by atoms with van der Waals surface area (Å²) in [7, 11) is 0. The van der Waals surface area contributed by atoms with Gasteiger partial charge in [0.05, 0.1) is 24.4 Å². The van der Waals surface area contributed by atoms with Gasteiger partial charge in [-0.15, -0.1) is 0 Å². The second-order valence-electron chi connectivity index (χ2n) is 4.44. The first-order chi connectivity index (χ1) is 9.70. The summed E-state index contributed by atoms with van der Waals surface area (Å²) in [5.41, 5.74) is 1.16. The minimum Gasteiger partial charge on any atom is -0.505 e. The Morgan fingerprint density at radius 1 is 1.25 bits per heavy atom. The zero-order valence-electron chi connectivity index (χ0n) is 10.9. The summed E-state index contributed by atoms with van der Waals surface area (Å²) < 4.78 is 0. The number of benzene rings is 1. The van der Waals surface area contributed by atoms with Crippen molar-refractivity contribution in [1.82, 2.24) is 10.3 Å². The number of carbonyl (C=O) groups excluding carboxylic acids is 1. The van der Waals surface area contributed by atoms with Crippen LogP contribution in [0, 0.1) is 0 Å². The number of amides is 1. The van der Waals surface area contributed by atoms with Crippen LogP contribution in [0.1, 0.15) is 15.9 Å². The fourth-order valence-corrected chi connectivity index (χ4v) is 1.90. The molecule has 1 atom stereocenters. The minimum atomic E-state index is -0.431. The van der Waals surface area contributed by atoms with Gasteiger partial charge in [0.1, 0.15) is 5.75 Å². The summed E-state index contributed by atoms with van der Waals surface area (Å²) in [6, 6.07) is 10.6. The van der Waals surface area contributed by atoms with Crippen LogP contribution in [0.5, 0.6) is 5.75 Å². The van der Waals surface area contributed by atoms with Crippen molar-refractivity contribution in [3.8, 4) is 5.75 Å². The maximum Gasteiger partial charge on any atom is 0.255 e. The second-order valence-corrected chi connectivity index (χ2v) is 4.44. The van der Waals surface area contributed by atoms with Gasteiger partial charge in [0, 0.05) is 6.20 Å². The Hall–Kier alpha value is -2.40. The van der Waals surface area contributed by atoms with E-state index in [4.69, 9.17) is 0 Å². The number of aromatic hydroxyl groups is 1. The van der Waals surface area contributed by atoms with Crippen molar-refractivity contribution in [2.45, 2.75) is 12.5 Å². The van der Waals surface area contributed by atoms with Gasteiger partial charge in [-0.1, -0.05) is 30.3 Å². The Morgan fingerprint density at radius 2 is 2.00 bits per heavy atom. The molecule has 0 saturated carbocycles. The van der Waals surface area contributed by atoms with E-state index in [-0.39, 0.29) is 17.9 Å². The summed E-state index contributed by atoms with van der Waals surface area (Å²) in [4.78, 5) is 15.7. The molecule has 5 heteroatoms. The van der Waals surface area contributed by atoms with Gasteiger partial charge in [-0.25, -0.2) is 0 Å². The summed E-state index contributed by atoms with van der Waals surface area (Å²) >= 11 is 0. The molecule has 2 rings (SSSR count). The minimum absolute atomic E-state index is 0.145. The van der Waals surface area contributed by atoms with Crippen molar-refractivity contribution in [3.63, 3.8) is 0 Å². The average molecular weight is 272 g/mol. The van der Waals surface area contributed by atoms with Crippen LogP contribution >= 0.6 is 0 Å². The molecule has 2 aromatic rings.